The molecule has 8 nitrogen and oxygen atoms in total. The number of nitrogens with one attached hydrogen (secondary N) is 2. The minimum Gasteiger partial charge on any atom is -0.494 e. The molecule has 1 aliphatic heterocycles. The molecule has 0 radical (unpaired) electrons. The summed E-state index contributed by atoms with van der Waals surface area (Å²) in [4.78, 5) is 23.3. The number of rotatable bonds is 7. The number of carbonyl (C=O) groups excluding carboxylic acids is 1. The number of urea groups is 1. The van der Waals surface area contributed by atoms with Gasteiger partial charge in [0.2, 0.25) is 5.95 Å². The minimum absolute atomic E-state index is 0.0284. The fraction of sp³-hybridized carbons (Fsp3) is 0.476. The number of aliphatic hydroxyl groups excluding tert-OH is 1. The molecule has 0 saturated heterocycles. The lowest BCUT2D eigenvalue weighted by molar-refractivity contribution is 0.187. The second-order valence-electron chi connectivity index (χ2n) is 7.37. The Labute approximate surface area is 175 Å². The Morgan fingerprint density at radius 3 is 2.90 bits per heavy atom. The van der Waals surface area contributed by atoms with E-state index in [2.05, 4.69) is 20.6 Å². The van der Waals surface area contributed by atoms with Gasteiger partial charge in [-0.2, -0.15) is 0 Å². The van der Waals surface area contributed by atoms with Crippen molar-refractivity contribution in [1.29, 1.82) is 0 Å². The van der Waals surface area contributed by atoms with Crippen LogP contribution in [0.25, 0.3) is 0 Å². The normalized spacial score (nSPS) is 15.2. The van der Waals surface area contributed by atoms with Crippen molar-refractivity contribution in [1.82, 2.24) is 20.2 Å². The summed E-state index contributed by atoms with van der Waals surface area (Å²) < 4.78 is 19.0. The van der Waals surface area contributed by atoms with Crippen LogP contribution in [0.15, 0.2) is 24.4 Å². The Morgan fingerprint density at radius 1 is 1.43 bits per heavy atom. The third kappa shape index (κ3) is 4.96. The van der Waals surface area contributed by atoms with E-state index in [0.717, 1.165) is 11.3 Å². The Bertz CT molecular complexity index is 895. The van der Waals surface area contributed by atoms with Gasteiger partial charge in [0.25, 0.3) is 0 Å². The first-order valence-corrected chi connectivity index (χ1v) is 10.1. The first kappa shape index (κ1) is 21.8. The first-order valence-electron chi connectivity index (χ1n) is 10.1. The number of nitrogens with zero attached hydrogens (tertiary/aromatic N) is 3. The molecule has 9 heteroatoms. The van der Waals surface area contributed by atoms with Gasteiger partial charge in [-0.3, -0.25) is 0 Å². The molecule has 0 saturated carbocycles. The molecule has 3 N–H and O–H groups in total. The quantitative estimate of drug-likeness (QED) is 0.641. The number of hydrogen-bond acceptors (Lipinski definition) is 6. The molecule has 3 rings (SSSR count). The summed E-state index contributed by atoms with van der Waals surface area (Å²) in [5.41, 5.74) is 2.47. The molecular formula is C21H28FN5O3. The Balaban J connectivity index is 1.68. The second-order valence-corrected chi connectivity index (χ2v) is 7.37. The summed E-state index contributed by atoms with van der Waals surface area (Å²) in [5.74, 6) is 0.147. The highest BCUT2D eigenvalue weighted by Crippen LogP contribution is 2.24. The molecule has 2 aromatic rings. The first-order chi connectivity index (χ1) is 14.4. The summed E-state index contributed by atoms with van der Waals surface area (Å²) in [6, 6.07) is 4.02. The number of hydrogen-bond donors (Lipinski definition) is 3. The van der Waals surface area contributed by atoms with Crippen molar-refractivity contribution >= 4 is 12.0 Å². The highest BCUT2D eigenvalue weighted by atomic mass is 19.1. The number of halogens is 1. The maximum Gasteiger partial charge on any atom is 0.318 e. The summed E-state index contributed by atoms with van der Waals surface area (Å²) in [6.45, 7) is 4.65. The zero-order valence-electron chi connectivity index (χ0n) is 17.5. The van der Waals surface area contributed by atoms with Crippen LogP contribution in [-0.4, -0.2) is 52.3 Å². The predicted octanol–water partition coefficient (Wildman–Crippen LogP) is 2.64. The molecule has 2 atom stereocenters. The van der Waals surface area contributed by atoms with Crippen molar-refractivity contribution in [3.05, 3.63) is 47.0 Å². The van der Waals surface area contributed by atoms with E-state index in [9.17, 15) is 14.3 Å². The fourth-order valence-corrected chi connectivity index (χ4v) is 3.37. The molecular weight excluding hydrogens is 389 g/mol. The number of anilines is 1. The van der Waals surface area contributed by atoms with Crippen molar-refractivity contribution in [3.8, 4) is 5.75 Å². The third-order valence-electron chi connectivity index (χ3n) is 5.17. The zero-order chi connectivity index (χ0) is 21.7. The van der Waals surface area contributed by atoms with Crippen molar-refractivity contribution in [2.45, 2.75) is 45.3 Å². The largest absolute Gasteiger partial charge is 0.494 e. The van der Waals surface area contributed by atoms with Gasteiger partial charge in [-0.05, 0) is 43.0 Å². The number of aliphatic hydroxyl groups is 1. The lowest BCUT2D eigenvalue weighted by Crippen LogP contribution is -2.44. The molecule has 0 bridgehead atoms. The average molecular weight is 417 g/mol. The number of amides is 2. The van der Waals surface area contributed by atoms with E-state index >= 15 is 0 Å². The molecule has 0 spiro atoms. The molecule has 0 aliphatic carbocycles. The van der Waals surface area contributed by atoms with E-state index in [1.54, 1.807) is 23.2 Å². The van der Waals surface area contributed by atoms with Gasteiger partial charge in [0.05, 0.1) is 32.0 Å². The van der Waals surface area contributed by atoms with Crippen LogP contribution in [-0.2, 0) is 13.0 Å². The maximum atomic E-state index is 14.1. The smallest absolute Gasteiger partial charge is 0.318 e. The van der Waals surface area contributed by atoms with Crippen molar-refractivity contribution in [2.24, 2.45) is 0 Å². The van der Waals surface area contributed by atoms with Gasteiger partial charge in [-0.15, -0.1) is 0 Å². The highest BCUT2D eigenvalue weighted by Gasteiger charge is 2.25. The van der Waals surface area contributed by atoms with E-state index in [1.807, 2.05) is 13.8 Å². The van der Waals surface area contributed by atoms with Crippen LogP contribution in [0.5, 0.6) is 5.75 Å². The lowest BCUT2D eigenvalue weighted by atomic mass is 10.0. The zero-order valence-corrected chi connectivity index (χ0v) is 17.5. The summed E-state index contributed by atoms with van der Waals surface area (Å²) in [7, 11) is 1.42. The van der Waals surface area contributed by atoms with Crippen molar-refractivity contribution < 1.29 is 19.0 Å². The van der Waals surface area contributed by atoms with Crippen LogP contribution in [0.4, 0.5) is 15.1 Å². The Kier molecular flexibility index (Phi) is 7.04. The molecule has 162 valence electrons. The Morgan fingerprint density at radius 2 is 2.23 bits per heavy atom. The molecule has 30 heavy (non-hydrogen) atoms. The number of methoxy groups -OCH3 is 1. The molecule has 0 fully saturated rings. The summed E-state index contributed by atoms with van der Waals surface area (Å²) in [6.07, 6.45) is 3.04. The van der Waals surface area contributed by atoms with Crippen LogP contribution in [0.1, 0.15) is 43.1 Å². The van der Waals surface area contributed by atoms with Gasteiger partial charge < -0.3 is 25.4 Å². The number of carbonyl (C=O) groups is 1. The standard InChI is InChI=1S/C21H28FN5O3/c1-4-17(14-5-6-19(30-3)16(22)9-14)26-21(29)27-8-7-15-10-23-20(24-13(2)12-28)25-18(15)11-27/h5-6,9-10,13,17,28H,4,7-8,11-12H2,1-3H3,(H,26,29)(H,23,24,25)/t13-,17+/m0/s1. The molecule has 1 aliphatic rings. The summed E-state index contributed by atoms with van der Waals surface area (Å²) in [5, 5.41) is 15.2. The number of fused-ring (bicyclic) bond motifs is 1. The fourth-order valence-electron chi connectivity index (χ4n) is 3.37. The van der Waals surface area contributed by atoms with Gasteiger partial charge >= 0.3 is 6.03 Å². The van der Waals surface area contributed by atoms with Crippen LogP contribution >= 0.6 is 0 Å². The molecule has 2 amide bonds. The SMILES string of the molecule is CC[C@@H](NC(=O)N1CCc2cnc(N[C@@H](C)CO)nc2C1)c1ccc(OC)c(F)c1. The van der Waals surface area contributed by atoms with Gasteiger partial charge in [-0.1, -0.05) is 13.0 Å². The summed E-state index contributed by atoms with van der Waals surface area (Å²) >= 11 is 0. The number of benzene rings is 1. The van der Waals surface area contributed by atoms with Crippen LogP contribution in [0.3, 0.4) is 0 Å². The number of ether oxygens (including phenoxy) is 1. The monoisotopic (exact) mass is 417 g/mol. The van der Waals surface area contributed by atoms with Crippen molar-refractivity contribution in [3.63, 3.8) is 0 Å². The van der Waals surface area contributed by atoms with E-state index in [4.69, 9.17) is 4.74 Å². The molecule has 1 aromatic carbocycles. The minimum atomic E-state index is -0.455. The predicted molar refractivity (Wildman–Crippen MR) is 111 cm³/mol. The molecule has 2 heterocycles. The van der Waals surface area contributed by atoms with E-state index in [1.165, 1.54) is 13.2 Å². The van der Waals surface area contributed by atoms with Gasteiger partial charge in [-0.25, -0.2) is 19.2 Å². The average Bonchev–Trinajstić information content (AvgIpc) is 2.76. The third-order valence-corrected chi connectivity index (χ3v) is 5.17. The van der Waals surface area contributed by atoms with Crippen molar-refractivity contribution in [2.75, 3.05) is 25.6 Å². The molecule has 1 aromatic heterocycles. The Hall–Kier alpha value is -2.94. The van der Waals surface area contributed by atoms with Gasteiger partial charge in [0, 0.05) is 18.8 Å². The van der Waals surface area contributed by atoms with E-state index < -0.39 is 5.82 Å². The number of aromatic nitrogens is 2. The second kappa shape index (κ2) is 9.71. The van der Waals surface area contributed by atoms with Crippen LogP contribution in [0.2, 0.25) is 0 Å². The highest BCUT2D eigenvalue weighted by molar-refractivity contribution is 5.75. The maximum absolute atomic E-state index is 14.1. The van der Waals surface area contributed by atoms with E-state index in [0.29, 0.717) is 37.4 Å². The van der Waals surface area contributed by atoms with Gasteiger partial charge in [0.1, 0.15) is 0 Å². The van der Waals surface area contributed by atoms with Crippen LogP contribution in [0, 0.1) is 5.82 Å². The van der Waals surface area contributed by atoms with Gasteiger partial charge in [0.15, 0.2) is 11.6 Å². The van der Waals surface area contributed by atoms with E-state index in [-0.39, 0.29) is 30.5 Å². The lowest BCUT2D eigenvalue weighted by Gasteiger charge is -2.30. The molecule has 0 unspecified atom stereocenters. The topological polar surface area (TPSA) is 99.6 Å². The van der Waals surface area contributed by atoms with Crippen LogP contribution < -0.4 is 15.4 Å².